The van der Waals surface area contributed by atoms with Crippen molar-refractivity contribution >= 4 is 17.6 Å². The summed E-state index contributed by atoms with van der Waals surface area (Å²) in [5, 5.41) is 11.6. The second-order valence-electron chi connectivity index (χ2n) is 6.49. The number of benzene rings is 3. The van der Waals surface area contributed by atoms with Crippen molar-refractivity contribution in [2.75, 3.05) is 5.32 Å². The number of nitriles is 1. The van der Waals surface area contributed by atoms with Gasteiger partial charge in [-0.1, -0.05) is 42.5 Å². The van der Waals surface area contributed by atoms with Crippen molar-refractivity contribution in [3.05, 3.63) is 95.6 Å². The van der Waals surface area contributed by atoms with Gasteiger partial charge in [0.05, 0.1) is 17.2 Å². The van der Waals surface area contributed by atoms with Gasteiger partial charge in [-0.25, -0.2) is 4.79 Å². The van der Waals surface area contributed by atoms with E-state index in [1.165, 1.54) is 6.92 Å². The summed E-state index contributed by atoms with van der Waals surface area (Å²) in [6.45, 7) is 1.68. The van der Waals surface area contributed by atoms with E-state index >= 15 is 0 Å². The Morgan fingerprint density at radius 1 is 1.00 bits per heavy atom. The highest BCUT2D eigenvalue weighted by molar-refractivity contribution is 5.97. The molecular formula is C24H20N2O4. The van der Waals surface area contributed by atoms with Crippen LogP contribution in [0.25, 0.3) is 0 Å². The lowest BCUT2D eigenvalue weighted by molar-refractivity contribution is -0.123. The summed E-state index contributed by atoms with van der Waals surface area (Å²) in [6.07, 6.45) is -1.02. The van der Waals surface area contributed by atoms with Gasteiger partial charge in [0.15, 0.2) is 6.10 Å². The van der Waals surface area contributed by atoms with E-state index in [0.717, 1.165) is 0 Å². The molecule has 1 N–H and O–H groups in total. The molecule has 0 saturated carbocycles. The molecular weight excluding hydrogens is 380 g/mol. The molecule has 0 heterocycles. The molecule has 0 aromatic heterocycles. The van der Waals surface area contributed by atoms with Gasteiger partial charge in [0.2, 0.25) is 0 Å². The minimum Gasteiger partial charge on any atom is -0.489 e. The number of nitrogens with zero attached hydrogens (tertiary/aromatic N) is 1. The molecule has 1 atom stereocenters. The zero-order valence-electron chi connectivity index (χ0n) is 16.4. The van der Waals surface area contributed by atoms with Crippen molar-refractivity contribution in [1.82, 2.24) is 0 Å². The van der Waals surface area contributed by atoms with Crippen molar-refractivity contribution in [2.45, 2.75) is 19.6 Å². The van der Waals surface area contributed by atoms with Gasteiger partial charge in [0.25, 0.3) is 5.91 Å². The number of hydrogen-bond donors (Lipinski definition) is 1. The molecule has 0 aliphatic heterocycles. The Hall–Kier alpha value is -4.11. The van der Waals surface area contributed by atoms with Crippen LogP contribution < -0.4 is 10.1 Å². The van der Waals surface area contributed by atoms with Crippen molar-refractivity contribution in [2.24, 2.45) is 0 Å². The van der Waals surface area contributed by atoms with Crippen LogP contribution in [0.4, 0.5) is 5.69 Å². The number of rotatable bonds is 7. The van der Waals surface area contributed by atoms with Crippen LogP contribution in [0, 0.1) is 11.3 Å². The monoisotopic (exact) mass is 400 g/mol. The molecule has 6 heteroatoms. The first-order chi connectivity index (χ1) is 14.6. The Balaban J connectivity index is 1.63. The summed E-state index contributed by atoms with van der Waals surface area (Å²) in [5.74, 6) is -0.417. The summed E-state index contributed by atoms with van der Waals surface area (Å²) in [6, 6.07) is 24.7. The fourth-order valence-corrected chi connectivity index (χ4v) is 2.71. The Kier molecular flexibility index (Phi) is 6.80. The Labute approximate surface area is 174 Å². The zero-order valence-corrected chi connectivity index (χ0v) is 16.4. The molecule has 0 radical (unpaired) electrons. The summed E-state index contributed by atoms with van der Waals surface area (Å²) < 4.78 is 11.1. The van der Waals surface area contributed by atoms with Gasteiger partial charge >= 0.3 is 5.97 Å². The molecule has 0 aliphatic rings. The van der Waals surface area contributed by atoms with Crippen LogP contribution in [0.15, 0.2) is 78.9 Å². The van der Waals surface area contributed by atoms with Crippen LogP contribution >= 0.6 is 0 Å². The van der Waals surface area contributed by atoms with E-state index in [1.807, 2.05) is 36.4 Å². The van der Waals surface area contributed by atoms with Crippen molar-refractivity contribution in [3.8, 4) is 11.8 Å². The number of nitrogens with one attached hydrogen (secondary N) is 1. The highest BCUT2D eigenvalue weighted by Gasteiger charge is 2.21. The molecule has 0 bridgehead atoms. The lowest BCUT2D eigenvalue weighted by Gasteiger charge is -2.15. The Morgan fingerprint density at radius 2 is 1.73 bits per heavy atom. The molecule has 1 amide bonds. The molecule has 6 nitrogen and oxygen atoms in total. The molecule has 0 saturated heterocycles. The zero-order chi connectivity index (χ0) is 21.3. The van der Waals surface area contributed by atoms with Crippen molar-refractivity contribution in [3.63, 3.8) is 0 Å². The lowest BCUT2D eigenvalue weighted by atomic mass is 10.1. The molecule has 0 unspecified atom stereocenters. The average Bonchev–Trinajstić information content (AvgIpc) is 2.78. The predicted molar refractivity (Wildman–Crippen MR) is 112 cm³/mol. The van der Waals surface area contributed by atoms with Crippen LogP contribution in [0.3, 0.4) is 0 Å². The number of carbonyl (C=O) groups is 2. The molecule has 150 valence electrons. The molecule has 3 aromatic rings. The third kappa shape index (κ3) is 5.46. The van der Waals surface area contributed by atoms with Crippen LogP contribution in [0.2, 0.25) is 0 Å². The predicted octanol–water partition coefficient (Wildman–Crippen LogP) is 4.32. The minimum absolute atomic E-state index is 0.191. The fourth-order valence-electron chi connectivity index (χ4n) is 2.71. The van der Waals surface area contributed by atoms with Crippen LogP contribution in [-0.4, -0.2) is 18.0 Å². The van der Waals surface area contributed by atoms with Gasteiger partial charge < -0.3 is 14.8 Å². The highest BCUT2D eigenvalue weighted by Crippen LogP contribution is 2.17. The third-order valence-corrected chi connectivity index (χ3v) is 4.29. The summed E-state index contributed by atoms with van der Waals surface area (Å²) in [7, 11) is 0. The average molecular weight is 400 g/mol. The second kappa shape index (κ2) is 9.89. The molecule has 0 aliphatic carbocycles. The van der Waals surface area contributed by atoms with Gasteiger partial charge in [-0.3, -0.25) is 4.79 Å². The van der Waals surface area contributed by atoms with Crippen molar-refractivity contribution in [1.29, 1.82) is 5.26 Å². The number of carbonyl (C=O) groups excluding carboxylic acids is 2. The molecule has 0 spiro atoms. The van der Waals surface area contributed by atoms with E-state index in [-0.39, 0.29) is 6.61 Å². The summed E-state index contributed by atoms with van der Waals surface area (Å²) >= 11 is 0. The number of anilines is 1. The number of para-hydroxylation sites is 1. The fraction of sp³-hybridized carbons (Fsp3) is 0.125. The van der Waals surface area contributed by atoms with Crippen LogP contribution in [-0.2, 0) is 16.1 Å². The van der Waals surface area contributed by atoms with Crippen LogP contribution in [0.1, 0.15) is 28.4 Å². The standard InChI is InChI=1S/C24H20N2O4/c1-17(23(27)26-20-10-7-8-18(14-20)15-25)30-24(28)22-13-6-5-9-19(22)16-29-21-11-3-2-4-12-21/h2-14,17H,16H2,1H3,(H,26,27)/t17-/m1/s1. The molecule has 0 fully saturated rings. The number of hydrogen-bond acceptors (Lipinski definition) is 5. The molecule has 3 aromatic carbocycles. The normalized spacial score (nSPS) is 11.1. The Morgan fingerprint density at radius 3 is 2.50 bits per heavy atom. The number of ether oxygens (including phenoxy) is 2. The topological polar surface area (TPSA) is 88.4 Å². The third-order valence-electron chi connectivity index (χ3n) is 4.29. The maximum absolute atomic E-state index is 12.6. The first-order valence-electron chi connectivity index (χ1n) is 9.34. The van der Waals surface area contributed by atoms with Gasteiger partial charge in [-0.15, -0.1) is 0 Å². The van der Waals surface area contributed by atoms with Gasteiger partial charge in [0, 0.05) is 11.3 Å². The maximum atomic E-state index is 12.6. The molecule has 3 rings (SSSR count). The lowest BCUT2D eigenvalue weighted by Crippen LogP contribution is -2.30. The second-order valence-corrected chi connectivity index (χ2v) is 6.49. The van der Waals surface area contributed by atoms with Gasteiger partial charge in [-0.05, 0) is 43.3 Å². The highest BCUT2D eigenvalue weighted by atomic mass is 16.5. The molecule has 30 heavy (non-hydrogen) atoms. The first-order valence-corrected chi connectivity index (χ1v) is 9.34. The van der Waals surface area contributed by atoms with E-state index < -0.39 is 18.0 Å². The maximum Gasteiger partial charge on any atom is 0.339 e. The van der Waals surface area contributed by atoms with Gasteiger partial charge in [0.1, 0.15) is 12.4 Å². The van der Waals surface area contributed by atoms with E-state index in [9.17, 15) is 9.59 Å². The van der Waals surface area contributed by atoms with Gasteiger partial charge in [-0.2, -0.15) is 5.26 Å². The van der Waals surface area contributed by atoms with E-state index in [4.69, 9.17) is 14.7 Å². The minimum atomic E-state index is -1.02. The number of amides is 1. The van der Waals surface area contributed by atoms with E-state index in [1.54, 1.807) is 48.5 Å². The van der Waals surface area contributed by atoms with E-state index in [0.29, 0.717) is 28.1 Å². The smallest absolute Gasteiger partial charge is 0.339 e. The van der Waals surface area contributed by atoms with Crippen LogP contribution in [0.5, 0.6) is 5.75 Å². The van der Waals surface area contributed by atoms with E-state index in [2.05, 4.69) is 5.32 Å². The number of esters is 1. The SMILES string of the molecule is C[C@@H](OC(=O)c1ccccc1COc1ccccc1)C(=O)Nc1cccc(C#N)c1. The Bertz CT molecular complexity index is 1070. The first kappa shape index (κ1) is 20.6. The summed E-state index contributed by atoms with van der Waals surface area (Å²) in [5.41, 5.74) is 1.86. The van der Waals surface area contributed by atoms with Crippen molar-refractivity contribution < 1.29 is 19.1 Å². The largest absolute Gasteiger partial charge is 0.489 e. The summed E-state index contributed by atoms with van der Waals surface area (Å²) in [4.78, 5) is 25.0. The quantitative estimate of drug-likeness (QED) is 0.597.